The highest BCUT2D eigenvalue weighted by atomic mass is 79.9. The van der Waals surface area contributed by atoms with Gasteiger partial charge >= 0.3 is 0 Å². The third kappa shape index (κ3) is 13.5. The van der Waals surface area contributed by atoms with E-state index in [1.165, 1.54) is 81.8 Å². The summed E-state index contributed by atoms with van der Waals surface area (Å²) in [4.78, 5) is 14.3. The first-order chi connectivity index (χ1) is 19.2. The predicted octanol–water partition coefficient (Wildman–Crippen LogP) is 5.76. The summed E-state index contributed by atoms with van der Waals surface area (Å²) < 4.78 is 8.21. The van der Waals surface area contributed by atoms with Gasteiger partial charge in [-0.2, -0.15) is 4.57 Å². The van der Waals surface area contributed by atoms with Crippen molar-refractivity contribution in [2.24, 2.45) is 0 Å². The van der Waals surface area contributed by atoms with Crippen LogP contribution < -0.4 is 31.2 Å². The Bertz CT molecular complexity index is 1060. The van der Waals surface area contributed by atoms with Crippen LogP contribution in [0.15, 0.2) is 65.6 Å². The third-order valence-corrected chi connectivity index (χ3v) is 7.98. The van der Waals surface area contributed by atoms with Gasteiger partial charge in [0.2, 0.25) is 11.4 Å². The van der Waals surface area contributed by atoms with Crippen LogP contribution in [0.4, 0.5) is 5.69 Å². The van der Waals surface area contributed by atoms with E-state index in [1.54, 1.807) is 18.3 Å². The van der Waals surface area contributed by atoms with Gasteiger partial charge in [0.05, 0.1) is 12.0 Å². The molecule has 0 saturated carbocycles. The number of halogens is 1. The summed E-state index contributed by atoms with van der Waals surface area (Å²) >= 11 is 1.69. The maximum absolute atomic E-state index is 12.4. The van der Waals surface area contributed by atoms with Gasteiger partial charge in [-0.15, -0.1) is 0 Å². The number of aromatic nitrogens is 1. The monoisotopic (exact) mass is 628 g/mol. The number of anilines is 1. The maximum Gasteiger partial charge on any atom is 0.224 e. The van der Waals surface area contributed by atoms with Crippen molar-refractivity contribution in [3.8, 4) is 5.75 Å². The van der Waals surface area contributed by atoms with Crippen LogP contribution in [-0.4, -0.2) is 19.1 Å². The predicted molar refractivity (Wildman–Crippen MR) is 165 cm³/mol. The molecule has 0 aliphatic rings. The number of hydrogen-bond acceptors (Lipinski definition) is 3. The molecule has 0 radical (unpaired) electrons. The molecule has 1 aromatic heterocycles. The van der Waals surface area contributed by atoms with Crippen molar-refractivity contribution in [3.63, 3.8) is 0 Å². The maximum atomic E-state index is 12.4. The number of thiazole rings is 1. The fraction of sp³-hybridized carbons (Fsp3) is 0.529. The third-order valence-electron chi connectivity index (χ3n) is 7.31. The highest BCUT2D eigenvalue weighted by molar-refractivity contribution is 7.07. The van der Waals surface area contributed by atoms with Gasteiger partial charge in [0.15, 0.2) is 12.7 Å². The number of carbonyl (C=O) groups excluding carboxylic acids is 1. The smallest absolute Gasteiger partial charge is 0.224 e. The van der Waals surface area contributed by atoms with Crippen molar-refractivity contribution in [1.82, 2.24) is 0 Å². The van der Waals surface area contributed by atoms with Gasteiger partial charge in [-0.3, -0.25) is 4.79 Å². The van der Waals surface area contributed by atoms with Crippen LogP contribution >= 0.6 is 11.3 Å². The molecule has 0 N–H and O–H groups in total. The van der Waals surface area contributed by atoms with Crippen molar-refractivity contribution in [2.75, 3.05) is 18.1 Å². The second-order valence-electron chi connectivity index (χ2n) is 10.7. The zero-order chi connectivity index (χ0) is 27.5. The van der Waals surface area contributed by atoms with Gasteiger partial charge < -0.3 is 26.6 Å². The van der Waals surface area contributed by atoms with Crippen molar-refractivity contribution in [3.05, 3.63) is 76.7 Å². The highest BCUT2D eigenvalue weighted by Crippen LogP contribution is 2.19. The van der Waals surface area contributed by atoms with Crippen molar-refractivity contribution >= 4 is 22.9 Å². The first-order valence-corrected chi connectivity index (χ1v) is 16.1. The summed E-state index contributed by atoms with van der Waals surface area (Å²) in [6.45, 7) is 6.19. The molecule has 1 amide bonds. The van der Waals surface area contributed by atoms with Gasteiger partial charge in [-0.25, -0.2) is 0 Å². The SMILES string of the molecule is CCCCCCCCCCCCCCOc1cccc(CCN(C(C)=O)c2ccc(C[n+]3ccsc3)cc2)c1.[Br-]. The minimum Gasteiger partial charge on any atom is -1.00 e. The van der Waals surface area contributed by atoms with Gasteiger partial charge in [-0.05, 0) is 42.7 Å². The van der Waals surface area contributed by atoms with Crippen LogP contribution in [0.5, 0.6) is 5.75 Å². The number of unbranched alkanes of at least 4 members (excludes halogenated alkanes) is 11. The molecular formula is C34H49BrN2O2S. The zero-order valence-corrected chi connectivity index (χ0v) is 27.1. The second kappa shape index (κ2) is 20.7. The minimum atomic E-state index is 0. The largest absolute Gasteiger partial charge is 1.00 e. The highest BCUT2D eigenvalue weighted by Gasteiger charge is 2.13. The van der Waals surface area contributed by atoms with E-state index in [-0.39, 0.29) is 22.9 Å². The van der Waals surface area contributed by atoms with Crippen molar-refractivity contribution in [1.29, 1.82) is 0 Å². The van der Waals surface area contributed by atoms with Crippen molar-refractivity contribution in [2.45, 2.75) is 104 Å². The Kier molecular flexibility index (Phi) is 17.6. The Morgan fingerprint density at radius 3 is 2.10 bits per heavy atom. The first kappa shape index (κ1) is 34.0. The summed E-state index contributed by atoms with van der Waals surface area (Å²) in [5.74, 6) is 0.995. The minimum absolute atomic E-state index is 0. The molecule has 0 bridgehead atoms. The van der Waals surface area contributed by atoms with Gasteiger partial charge in [0, 0.05) is 24.7 Å². The molecule has 0 aliphatic heterocycles. The van der Waals surface area contributed by atoms with E-state index >= 15 is 0 Å². The van der Waals surface area contributed by atoms with E-state index in [1.807, 2.05) is 11.0 Å². The van der Waals surface area contributed by atoms with Gasteiger partial charge in [0.1, 0.15) is 5.75 Å². The molecule has 40 heavy (non-hydrogen) atoms. The summed E-state index contributed by atoms with van der Waals surface area (Å²) in [5, 5.41) is 2.07. The molecule has 0 atom stereocenters. The molecule has 3 aromatic rings. The molecule has 0 aliphatic carbocycles. The topological polar surface area (TPSA) is 33.4 Å². The summed E-state index contributed by atoms with van der Waals surface area (Å²) in [6.07, 6.45) is 19.1. The van der Waals surface area contributed by atoms with Crippen LogP contribution in [0.3, 0.4) is 0 Å². The molecule has 3 rings (SSSR count). The number of nitrogens with zero attached hydrogens (tertiary/aromatic N) is 2. The molecule has 2 aromatic carbocycles. The molecule has 1 heterocycles. The lowest BCUT2D eigenvalue weighted by atomic mass is 10.1. The van der Waals surface area contributed by atoms with Gasteiger partial charge in [-0.1, -0.05) is 113 Å². The fourth-order valence-corrected chi connectivity index (χ4v) is 5.57. The van der Waals surface area contributed by atoms with E-state index in [0.717, 1.165) is 37.4 Å². The lowest BCUT2D eigenvalue weighted by Crippen LogP contribution is -3.00. The number of rotatable bonds is 20. The molecule has 6 heteroatoms. The Balaban J connectivity index is 0.00000560. The first-order valence-electron chi connectivity index (χ1n) is 15.2. The lowest BCUT2D eigenvalue weighted by molar-refractivity contribution is -0.683. The molecule has 0 spiro atoms. The van der Waals surface area contributed by atoms with Crippen LogP contribution in [-0.2, 0) is 17.8 Å². The van der Waals surface area contributed by atoms with E-state index < -0.39 is 0 Å². The number of benzene rings is 2. The Morgan fingerprint density at radius 2 is 1.50 bits per heavy atom. The van der Waals surface area contributed by atoms with Crippen LogP contribution in [0.2, 0.25) is 0 Å². The average molecular weight is 630 g/mol. The fourth-order valence-electron chi connectivity index (χ4n) is 4.98. The number of carbonyl (C=O) groups is 1. The normalized spacial score (nSPS) is 10.8. The Morgan fingerprint density at radius 1 is 0.850 bits per heavy atom. The molecule has 220 valence electrons. The van der Waals surface area contributed by atoms with E-state index in [2.05, 4.69) is 71.0 Å². The average Bonchev–Trinajstić information content (AvgIpc) is 3.45. The summed E-state index contributed by atoms with van der Waals surface area (Å²) in [7, 11) is 0. The molecule has 0 fully saturated rings. The van der Waals surface area contributed by atoms with Crippen molar-refractivity contribution < 1.29 is 31.1 Å². The number of hydrogen-bond donors (Lipinski definition) is 0. The zero-order valence-electron chi connectivity index (χ0n) is 24.7. The van der Waals surface area contributed by atoms with Crippen LogP contribution in [0, 0.1) is 0 Å². The quantitative estimate of drug-likeness (QED) is 0.118. The van der Waals surface area contributed by atoms with Crippen LogP contribution in [0.25, 0.3) is 0 Å². The number of ether oxygens (including phenoxy) is 1. The Labute approximate surface area is 257 Å². The molecule has 0 unspecified atom stereocenters. The van der Waals surface area contributed by atoms with E-state index in [9.17, 15) is 4.79 Å². The molecule has 4 nitrogen and oxygen atoms in total. The van der Waals surface area contributed by atoms with E-state index in [0.29, 0.717) is 6.54 Å². The summed E-state index contributed by atoms with van der Waals surface area (Å²) in [5.41, 5.74) is 5.47. The standard InChI is InChI=1S/C34H49N2O2S.BrH/c1-3-4-5-6-7-8-9-10-11-12-13-14-25-38-34-17-15-16-31(27-34)22-23-36(30(2)37)33-20-18-32(19-21-33)28-35-24-26-39-29-35;/h15-21,24,26-27,29H,3-14,22-23,25,28H2,1-2H3;1H/q+1;/p-1. The van der Waals surface area contributed by atoms with E-state index in [4.69, 9.17) is 4.74 Å². The van der Waals surface area contributed by atoms with Crippen LogP contribution in [0.1, 0.15) is 102 Å². The Hall–Kier alpha value is -2.18. The molecular weight excluding hydrogens is 580 g/mol. The summed E-state index contributed by atoms with van der Waals surface area (Å²) in [6, 6.07) is 16.7. The van der Waals surface area contributed by atoms with Gasteiger partial charge in [0.25, 0.3) is 0 Å². The lowest BCUT2D eigenvalue weighted by Gasteiger charge is -2.21. The number of amides is 1. The second-order valence-corrected chi connectivity index (χ2v) is 11.4. The molecule has 0 saturated heterocycles.